The average Bonchev–Trinajstić information content (AvgIpc) is 2.80. The van der Waals surface area contributed by atoms with Gasteiger partial charge in [-0.25, -0.2) is 4.98 Å². The van der Waals surface area contributed by atoms with Crippen LogP contribution in [0.4, 0.5) is 0 Å². The fourth-order valence-corrected chi connectivity index (χ4v) is 2.68. The van der Waals surface area contributed by atoms with Crippen LogP contribution in [0, 0.1) is 5.41 Å². The van der Waals surface area contributed by atoms with Crippen molar-refractivity contribution in [1.82, 2.24) is 10.3 Å². The number of hydrogen-bond donors (Lipinski definition) is 2. The van der Waals surface area contributed by atoms with Gasteiger partial charge in [0.2, 0.25) is 5.91 Å². The summed E-state index contributed by atoms with van der Waals surface area (Å²) in [7, 11) is 0. The van der Waals surface area contributed by atoms with E-state index in [1.165, 1.54) is 0 Å². The fourth-order valence-electron chi connectivity index (χ4n) is 1.96. The summed E-state index contributed by atoms with van der Waals surface area (Å²) in [6.45, 7) is 8.93. The number of carbonyl (C=O) groups excluding carboxylic acids is 1. The van der Waals surface area contributed by atoms with E-state index in [1.807, 2.05) is 19.2 Å². The number of carbonyl (C=O) groups is 1. The molecular weight excluding hydrogens is 258 g/mol. The second kappa shape index (κ2) is 6.48. The third-order valence-electron chi connectivity index (χ3n) is 3.27. The van der Waals surface area contributed by atoms with Gasteiger partial charge in [0.15, 0.2) is 0 Å². The molecule has 3 N–H and O–H groups in total. The highest BCUT2D eigenvalue weighted by atomic mass is 32.1. The van der Waals surface area contributed by atoms with E-state index < -0.39 is 5.54 Å². The van der Waals surface area contributed by atoms with Gasteiger partial charge in [-0.1, -0.05) is 13.8 Å². The normalized spacial score (nSPS) is 12.5. The summed E-state index contributed by atoms with van der Waals surface area (Å²) < 4.78 is 0. The molecule has 0 aromatic carbocycles. The van der Waals surface area contributed by atoms with E-state index in [1.54, 1.807) is 17.5 Å². The van der Waals surface area contributed by atoms with Crippen LogP contribution in [0.2, 0.25) is 0 Å². The van der Waals surface area contributed by atoms with Gasteiger partial charge in [-0.2, -0.15) is 0 Å². The van der Waals surface area contributed by atoms with Crippen molar-refractivity contribution in [3.63, 3.8) is 0 Å². The van der Waals surface area contributed by atoms with E-state index in [9.17, 15) is 4.79 Å². The van der Waals surface area contributed by atoms with Crippen molar-refractivity contribution in [2.24, 2.45) is 11.1 Å². The third kappa shape index (κ3) is 5.28. The molecule has 108 valence electrons. The van der Waals surface area contributed by atoms with Gasteiger partial charge in [-0.05, 0) is 38.6 Å². The molecule has 0 aliphatic rings. The van der Waals surface area contributed by atoms with Crippen molar-refractivity contribution >= 4 is 17.2 Å². The molecule has 4 nitrogen and oxygen atoms in total. The predicted molar refractivity (Wildman–Crippen MR) is 80.0 cm³/mol. The molecular formula is C14H25N3OS. The topological polar surface area (TPSA) is 68.0 Å². The van der Waals surface area contributed by atoms with Gasteiger partial charge in [0, 0.05) is 18.0 Å². The lowest BCUT2D eigenvalue weighted by Gasteiger charge is -2.26. The highest BCUT2D eigenvalue weighted by Gasteiger charge is 2.26. The Bertz CT molecular complexity index is 399. The molecule has 1 aromatic heterocycles. The lowest BCUT2D eigenvalue weighted by Crippen LogP contribution is -2.41. The summed E-state index contributed by atoms with van der Waals surface area (Å²) >= 11 is 1.56. The number of nitrogens with two attached hydrogens (primary N) is 1. The van der Waals surface area contributed by atoms with Crippen LogP contribution in [0.1, 0.15) is 52.0 Å². The third-order valence-corrected chi connectivity index (χ3v) is 4.37. The number of nitrogens with zero attached hydrogens (tertiary/aromatic N) is 1. The Kier molecular flexibility index (Phi) is 5.50. The highest BCUT2D eigenvalue weighted by molar-refractivity contribution is 7.09. The van der Waals surface area contributed by atoms with Crippen LogP contribution < -0.4 is 11.1 Å². The van der Waals surface area contributed by atoms with Crippen LogP contribution in [-0.4, -0.2) is 17.4 Å². The first-order chi connectivity index (χ1) is 8.77. The first kappa shape index (κ1) is 16.1. The zero-order valence-corrected chi connectivity index (χ0v) is 13.1. The maximum Gasteiger partial charge on any atom is 0.220 e. The lowest BCUT2D eigenvalue weighted by atomic mass is 9.84. The van der Waals surface area contributed by atoms with Crippen molar-refractivity contribution in [3.05, 3.63) is 16.6 Å². The van der Waals surface area contributed by atoms with E-state index in [0.717, 1.165) is 17.8 Å². The smallest absolute Gasteiger partial charge is 0.220 e. The van der Waals surface area contributed by atoms with Crippen molar-refractivity contribution in [2.45, 2.75) is 52.5 Å². The summed E-state index contributed by atoms with van der Waals surface area (Å²) in [5.41, 5.74) is 5.30. The summed E-state index contributed by atoms with van der Waals surface area (Å²) in [5, 5.41) is 5.91. The summed E-state index contributed by atoms with van der Waals surface area (Å²) in [4.78, 5) is 16.3. The minimum Gasteiger partial charge on any atom is -0.345 e. The van der Waals surface area contributed by atoms with E-state index in [2.05, 4.69) is 24.1 Å². The van der Waals surface area contributed by atoms with Gasteiger partial charge >= 0.3 is 0 Å². The van der Waals surface area contributed by atoms with Crippen LogP contribution in [0.3, 0.4) is 0 Å². The number of aromatic nitrogens is 1. The van der Waals surface area contributed by atoms with Crippen molar-refractivity contribution in [1.29, 1.82) is 0 Å². The Labute approximate surface area is 119 Å². The predicted octanol–water partition coefficient (Wildman–Crippen LogP) is 2.65. The molecule has 5 heteroatoms. The zero-order chi connectivity index (χ0) is 14.5. The van der Waals surface area contributed by atoms with E-state index in [0.29, 0.717) is 13.0 Å². The van der Waals surface area contributed by atoms with Gasteiger partial charge in [-0.3, -0.25) is 4.79 Å². The van der Waals surface area contributed by atoms with Gasteiger partial charge in [0.25, 0.3) is 0 Å². The summed E-state index contributed by atoms with van der Waals surface area (Å²) in [6.07, 6.45) is 4.08. The number of hydrogen-bond acceptors (Lipinski definition) is 4. The average molecular weight is 283 g/mol. The molecule has 19 heavy (non-hydrogen) atoms. The van der Waals surface area contributed by atoms with Crippen LogP contribution in [-0.2, 0) is 10.3 Å². The van der Waals surface area contributed by atoms with Gasteiger partial charge in [0.1, 0.15) is 5.01 Å². The molecule has 0 bridgehead atoms. The molecule has 1 rings (SSSR count). The lowest BCUT2D eigenvalue weighted by molar-refractivity contribution is -0.123. The van der Waals surface area contributed by atoms with E-state index >= 15 is 0 Å². The summed E-state index contributed by atoms with van der Waals surface area (Å²) in [5.74, 6) is 0.0743. The molecule has 0 saturated heterocycles. The van der Waals surface area contributed by atoms with Crippen LogP contribution in [0.15, 0.2) is 11.6 Å². The van der Waals surface area contributed by atoms with Gasteiger partial charge in [-0.15, -0.1) is 11.3 Å². The minimum absolute atomic E-state index is 0.0743. The first-order valence-electron chi connectivity index (χ1n) is 6.68. The number of thiazole rings is 1. The van der Waals surface area contributed by atoms with Crippen LogP contribution in [0.25, 0.3) is 0 Å². The van der Waals surface area contributed by atoms with Crippen LogP contribution in [0.5, 0.6) is 0 Å². The molecule has 1 heterocycles. The maximum atomic E-state index is 12.0. The molecule has 1 amide bonds. The Morgan fingerprint density at radius 2 is 2.05 bits per heavy atom. The van der Waals surface area contributed by atoms with Gasteiger partial charge < -0.3 is 11.1 Å². The zero-order valence-electron chi connectivity index (χ0n) is 12.3. The molecule has 0 fully saturated rings. The Balaban J connectivity index is 2.48. The number of amides is 1. The highest BCUT2D eigenvalue weighted by Crippen LogP contribution is 2.27. The van der Waals surface area contributed by atoms with E-state index in [4.69, 9.17) is 5.73 Å². The molecule has 0 aliphatic carbocycles. The molecule has 0 aliphatic heterocycles. The molecule has 0 atom stereocenters. The summed E-state index contributed by atoms with van der Waals surface area (Å²) in [6, 6.07) is 0. The van der Waals surface area contributed by atoms with Crippen LogP contribution >= 0.6 is 11.3 Å². The second-order valence-corrected chi connectivity index (χ2v) is 7.11. The quantitative estimate of drug-likeness (QED) is 0.808. The second-order valence-electron chi connectivity index (χ2n) is 6.21. The SMILES string of the molecule is CC(C)(CCN)CCC(=O)NC(C)(C)c1nccs1. The minimum atomic E-state index is -0.400. The Morgan fingerprint density at radius 3 is 2.58 bits per heavy atom. The number of rotatable bonds is 7. The van der Waals surface area contributed by atoms with Gasteiger partial charge in [0.05, 0.1) is 5.54 Å². The standard InChI is InChI=1S/C14H25N3OS/c1-13(2,7-8-15)6-5-11(18)17-14(3,4)12-16-9-10-19-12/h9-10H,5-8,15H2,1-4H3,(H,17,18). The molecule has 0 spiro atoms. The monoisotopic (exact) mass is 283 g/mol. The Morgan fingerprint density at radius 1 is 1.37 bits per heavy atom. The van der Waals surface area contributed by atoms with Crippen molar-refractivity contribution in [2.75, 3.05) is 6.54 Å². The van der Waals surface area contributed by atoms with E-state index in [-0.39, 0.29) is 11.3 Å². The maximum absolute atomic E-state index is 12.0. The molecule has 0 unspecified atom stereocenters. The molecule has 0 saturated carbocycles. The van der Waals surface area contributed by atoms with Crippen molar-refractivity contribution in [3.8, 4) is 0 Å². The first-order valence-corrected chi connectivity index (χ1v) is 7.56. The molecule has 1 aromatic rings. The largest absolute Gasteiger partial charge is 0.345 e. The fraction of sp³-hybridized carbons (Fsp3) is 0.714. The van der Waals surface area contributed by atoms with Crippen molar-refractivity contribution < 1.29 is 4.79 Å². The number of nitrogens with one attached hydrogen (secondary N) is 1. The molecule has 0 radical (unpaired) electrons. The Hall–Kier alpha value is -0.940.